The van der Waals surface area contributed by atoms with Crippen molar-refractivity contribution in [2.24, 2.45) is 0 Å². The summed E-state index contributed by atoms with van der Waals surface area (Å²) in [5.41, 5.74) is 12.3. The maximum absolute atomic E-state index is 11.1. The van der Waals surface area contributed by atoms with Gasteiger partial charge in [0.1, 0.15) is 5.75 Å². The first-order chi connectivity index (χ1) is 6.49. The van der Waals surface area contributed by atoms with Crippen molar-refractivity contribution in [1.82, 2.24) is 0 Å². The molecule has 0 saturated carbocycles. The number of rotatable bonds is 2. The Morgan fingerprint density at radius 3 is 2.21 bits per heavy atom. The SMILES string of the molecule is C=C(C)C(=O)Oc1cc(N)cc(N)c1. The lowest BCUT2D eigenvalue weighted by molar-refractivity contribution is -0.130. The Bertz CT molecular complexity index is 365. The van der Waals surface area contributed by atoms with Gasteiger partial charge in [0, 0.05) is 29.1 Å². The predicted molar refractivity (Wildman–Crippen MR) is 55.7 cm³/mol. The Hall–Kier alpha value is -1.97. The van der Waals surface area contributed by atoms with E-state index in [0.29, 0.717) is 22.7 Å². The van der Waals surface area contributed by atoms with Gasteiger partial charge < -0.3 is 16.2 Å². The van der Waals surface area contributed by atoms with E-state index in [9.17, 15) is 4.79 Å². The van der Waals surface area contributed by atoms with Crippen LogP contribution in [0.5, 0.6) is 5.75 Å². The topological polar surface area (TPSA) is 78.3 Å². The van der Waals surface area contributed by atoms with Gasteiger partial charge in [-0.15, -0.1) is 0 Å². The molecular weight excluding hydrogens is 180 g/mol. The van der Waals surface area contributed by atoms with Gasteiger partial charge in [0.05, 0.1) is 0 Å². The predicted octanol–water partition coefficient (Wildman–Crippen LogP) is 1.33. The van der Waals surface area contributed by atoms with E-state index in [-0.39, 0.29) is 0 Å². The van der Waals surface area contributed by atoms with E-state index in [0.717, 1.165) is 0 Å². The van der Waals surface area contributed by atoms with Crippen molar-refractivity contribution >= 4 is 17.3 Å². The molecular formula is C10H12N2O2. The Morgan fingerprint density at radius 2 is 1.79 bits per heavy atom. The minimum absolute atomic E-state index is 0.325. The maximum Gasteiger partial charge on any atom is 0.338 e. The van der Waals surface area contributed by atoms with Crippen LogP contribution in [0.3, 0.4) is 0 Å². The summed E-state index contributed by atoms with van der Waals surface area (Å²) in [4.78, 5) is 11.1. The molecule has 74 valence electrons. The molecule has 0 heterocycles. The lowest BCUT2D eigenvalue weighted by Crippen LogP contribution is -2.08. The van der Waals surface area contributed by atoms with Gasteiger partial charge in [-0.2, -0.15) is 0 Å². The molecule has 4 N–H and O–H groups in total. The maximum atomic E-state index is 11.1. The van der Waals surface area contributed by atoms with E-state index in [1.54, 1.807) is 13.0 Å². The summed E-state index contributed by atoms with van der Waals surface area (Å²) in [7, 11) is 0. The summed E-state index contributed by atoms with van der Waals surface area (Å²) < 4.78 is 4.94. The highest BCUT2D eigenvalue weighted by Crippen LogP contribution is 2.20. The lowest BCUT2D eigenvalue weighted by Gasteiger charge is -2.05. The fraction of sp³-hybridized carbons (Fsp3) is 0.100. The third-order valence-electron chi connectivity index (χ3n) is 1.51. The van der Waals surface area contributed by atoms with E-state index < -0.39 is 5.97 Å². The summed E-state index contributed by atoms with van der Waals surface area (Å²) in [5, 5.41) is 0. The minimum atomic E-state index is -0.491. The monoisotopic (exact) mass is 192 g/mol. The zero-order valence-corrected chi connectivity index (χ0v) is 7.91. The second-order valence-corrected chi connectivity index (χ2v) is 3.01. The van der Waals surface area contributed by atoms with Gasteiger partial charge in [0.25, 0.3) is 0 Å². The molecule has 0 spiro atoms. The molecule has 4 nitrogen and oxygen atoms in total. The molecule has 1 rings (SSSR count). The summed E-state index contributed by atoms with van der Waals surface area (Å²) in [6.45, 7) is 5.03. The Morgan fingerprint density at radius 1 is 1.29 bits per heavy atom. The second-order valence-electron chi connectivity index (χ2n) is 3.01. The highest BCUT2D eigenvalue weighted by molar-refractivity contribution is 5.89. The molecule has 0 aliphatic rings. The molecule has 0 amide bonds. The molecule has 1 aromatic carbocycles. The largest absolute Gasteiger partial charge is 0.423 e. The number of carbonyl (C=O) groups is 1. The number of anilines is 2. The fourth-order valence-electron chi connectivity index (χ4n) is 0.899. The highest BCUT2D eigenvalue weighted by atomic mass is 16.5. The Kier molecular flexibility index (Phi) is 2.76. The van der Waals surface area contributed by atoms with Gasteiger partial charge in [-0.25, -0.2) is 4.79 Å². The molecule has 4 heteroatoms. The standard InChI is InChI=1S/C10H12N2O2/c1-6(2)10(13)14-9-4-7(11)3-8(12)5-9/h3-5H,1,11-12H2,2H3. The first-order valence-corrected chi connectivity index (χ1v) is 4.03. The van der Waals surface area contributed by atoms with Crippen LogP contribution in [0.1, 0.15) is 6.92 Å². The first kappa shape index (κ1) is 10.1. The fourth-order valence-corrected chi connectivity index (χ4v) is 0.899. The van der Waals surface area contributed by atoms with Gasteiger partial charge in [0.15, 0.2) is 0 Å². The normalized spacial score (nSPS) is 9.50. The number of nitrogens with two attached hydrogens (primary N) is 2. The van der Waals surface area contributed by atoms with Gasteiger partial charge in [-0.1, -0.05) is 6.58 Å². The molecule has 0 radical (unpaired) electrons. The Balaban J connectivity index is 2.87. The van der Waals surface area contributed by atoms with Gasteiger partial charge in [-0.05, 0) is 13.0 Å². The van der Waals surface area contributed by atoms with Crippen molar-refractivity contribution in [1.29, 1.82) is 0 Å². The van der Waals surface area contributed by atoms with Crippen molar-refractivity contribution in [2.45, 2.75) is 6.92 Å². The molecule has 14 heavy (non-hydrogen) atoms. The zero-order valence-electron chi connectivity index (χ0n) is 7.91. The van der Waals surface area contributed by atoms with E-state index in [1.807, 2.05) is 0 Å². The Labute approximate surface area is 82.2 Å². The zero-order chi connectivity index (χ0) is 10.7. The van der Waals surface area contributed by atoms with Crippen LogP contribution in [0, 0.1) is 0 Å². The second kappa shape index (κ2) is 3.83. The van der Waals surface area contributed by atoms with Crippen molar-refractivity contribution in [3.05, 3.63) is 30.4 Å². The van der Waals surface area contributed by atoms with E-state index in [2.05, 4.69) is 6.58 Å². The van der Waals surface area contributed by atoms with Gasteiger partial charge in [-0.3, -0.25) is 0 Å². The van der Waals surface area contributed by atoms with Crippen molar-refractivity contribution in [2.75, 3.05) is 11.5 Å². The number of benzene rings is 1. The molecule has 1 aromatic rings. The summed E-state index contributed by atoms with van der Waals surface area (Å²) >= 11 is 0. The van der Waals surface area contributed by atoms with E-state index in [1.165, 1.54) is 12.1 Å². The van der Waals surface area contributed by atoms with Crippen LogP contribution in [0.2, 0.25) is 0 Å². The summed E-state index contributed by atoms with van der Waals surface area (Å²) in [6.07, 6.45) is 0. The van der Waals surface area contributed by atoms with Crippen LogP contribution in [-0.2, 0) is 4.79 Å². The molecule has 0 bridgehead atoms. The molecule has 0 unspecified atom stereocenters. The minimum Gasteiger partial charge on any atom is -0.423 e. The van der Waals surface area contributed by atoms with Gasteiger partial charge in [0.2, 0.25) is 0 Å². The van der Waals surface area contributed by atoms with Crippen LogP contribution in [0.15, 0.2) is 30.4 Å². The average molecular weight is 192 g/mol. The van der Waals surface area contributed by atoms with Crippen LogP contribution in [0.25, 0.3) is 0 Å². The average Bonchev–Trinajstić information content (AvgIpc) is 2.01. The van der Waals surface area contributed by atoms with E-state index >= 15 is 0 Å². The molecule has 0 aliphatic heterocycles. The summed E-state index contributed by atoms with van der Waals surface area (Å²) in [5.74, 6) is -0.162. The van der Waals surface area contributed by atoms with E-state index in [4.69, 9.17) is 16.2 Å². The van der Waals surface area contributed by atoms with Crippen LogP contribution in [0.4, 0.5) is 11.4 Å². The number of nitrogen functional groups attached to an aromatic ring is 2. The van der Waals surface area contributed by atoms with Crippen molar-refractivity contribution < 1.29 is 9.53 Å². The van der Waals surface area contributed by atoms with Crippen molar-refractivity contribution in [3.8, 4) is 5.75 Å². The molecule has 0 saturated heterocycles. The first-order valence-electron chi connectivity index (χ1n) is 4.03. The molecule has 0 aromatic heterocycles. The number of carbonyl (C=O) groups excluding carboxylic acids is 1. The van der Waals surface area contributed by atoms with Crippen LogP contribution >= 0.6 is 0 Å². The number of hydrogen-bond donors (Lipinski definition) is 2. The molecule has 0 fully saturated rings. The quantitative estimate of drug-likeness (QED) is 0.320. The third-order valence-corrected chi connectivity index (χ3v) is 1.51. The lowest BCUT2D eigenvalue weighted by atomic mass is 10.2. The molecule has 0 aliphatic carbocycles. The smallest absolute Gasteiger partial charge is 0.338 e. The molecule has 0 atom stereocenters. The third kappa shape index (κ3) is 2.52. The number of ether oxygens (including phenoxy) is 1. The summed E-state index contributed by atoms with van der Waals surface area (Å²) in [6, 6.07) is 4.63. The number of esters is 1. The van der Waals surface area contributed by atoms with Crippen molar-refractivity contribution in [3.63, 3.8) is 0 Å². The van der Waals surface area contributed by atoms with Crippen LogP contribution in [-0.4, -0.2) is 5.97 Å². The number of hydrogen-bond acceptors (Lipinski definition) is 4. The van der Waals surface area contributed by atoms with Gasteiger partial charge >= 0.3 is 5.97 Å². The highest BCUT2D eigenvalue weighted by Gasteiger charge is 2.05. The van der Waals surface area contributed by atoms with Crippen LogP contribution < -0.4 is 16.2 Å².